The minimum Gasteiger partial charge on any atom is -0.352 e. The second-order valence-corrected chi connectivity index (χ2v) is 7.43. The van der Waals surface area contributed by atoms with Crippen LogP contribution in [0.4, 0.5) is 5.69 Å². The number of nitrogens with zero attached hydrogens (tertiary/aromatic N) is 1. The quantitative estimate of drug-likeness (QED) is 0.766. The van der Waals surface area contributed by atoms with E-state index in [1.165, 1.54) is 0 Å². The third-order valence-electron chi connectivity index (χ3n) is 4.58. The number of anilines is 1. The molecule has 0 radical (unpaired) electrons. The summed E-state index contributed by atoms with van der Waals surface area (Å²) in [6, 6.07) is 14.6. The van der Waals surface area contributed by atoms with Crippen molar-refractivity contribution in [3.63, 3.8) is 0 Å². The summed E-state index contributed by atoms with van der Waals surface area (Å²) in [6.07, 6.45) is 2.07. The summed E-state index contributed by atoms with van der Waals surface area (Å²) in [6.45, 7) is 2.06. The Hall–Kier alpha value is -2.37. The Bertz CT molecular complexity index is 821. The zero-order valence-electron chi connectivity index (χ0n) is 15.5. The Morgan fingerprint density at radius 3 is 2.52 bits per heavy atom. The summed E-state index contributed by atoms with van der Waals surface area (Å²) >= 11 is 6.16. The molecule has 0 unspecified atom stereocenters. The molecule has 2 N–H and O–H groups in total. The van der Waals surface area contributed by atoms with Crippen LogP contribution in [0.15, 0.2) is 48.5 Å². The highest BCUT2D eigenvalue weighted by Gasteiger charge is 2.29. The van der Waals surface area contributed by atoms with Crippen LogP contribution < -0.4 is 10.6 Å². The van der Waals surface area contributed by atoms with Gasteiger partial charge in [-0.05, 0) is 50.1 Å². The van der Waals surface area contributed by atoms with Crippen molar-refractivity contribution in [1.82, 2.24) is 10.2 Å². The van der Waals surface area contributed by atoms with Crippen LogP contribution in [0.5, 0.6) is 0 Å². The average Bonchev–Trinajstić information content (AvgIpc) is 3.43. The molecule has 1 fully saturated rings. The number of halogens is 1. The number of carbonyl (C=O) groups excluding carboxylic acids is 2. The molecule has 0 bridgehead atoms. The van der Waals surface area contributed by atoms with Crippen molar-refractivity contribution in [3.8, 4) is 0 Å². The smallest absolute Gasteiger partial charge is 0.246 e. The van der Waals surface area contributed by atoms with Gasteiger partial charge in [0.15, 0.2) is 0 Å². The molecule has 2 amide bonds. The van der Waals surface area contributed by atoms with E-state index in [0.717, 1.165) is 24.0 Å². The second kappa shape index (κ2) is 8.55. The van der Waals surface area contributed by atoms with Crippen molar-refractivity contribution < 1.29 is 9.59 Å². The van der Waals surface area contributed by atoms with Gasteiger partial charge in [-0.1, -0.05) is 48.0 Å². The minimum absolute atomic E-state index is 0.0629. The molecule has 0 aliphatic heterocycles. The number of aryl methyl sites for hydroxylation is 1. The van der Waals surface area contributed by atoms with E-state index < -0.39 is 6.04 Å². The molecule has 1 atom stereocenters. The van der Waals surface area contributed by atoms with Crippen molar-refractivity contribution in [3.05, 3.63) is 64.7 Å². The molecule has 0 heterocycles. The SMILES string of the molecule is Cc1ccc(NC(=O)[C@H](c2ccccc2)N(C)CC(=O)NC2CC2)cc1Cl. The first-order valence-electron chi connectivity index (χ1n) is 9.05. The molecule has 27 heavy (non-hydrogen) atoms. The molecular weight excluding hydrogens is 362 g/mol. The number of rotatable bonds is 7. The third-order valence-corrected chi connectivity index (χ3v) is 4.99. The Morgan fingerprint density at radius 2 is 1.89 bits per heavy atom. The van der Waals surface area contributed by atoms with Gasteiger partial charge in [0, 0.05) is 16.8 Å². The second-order valence-electron chi connectivity index (χ2n) is 7.02. The third kappa shape index (κ3) is 5.31. The minimum atomic E-state index is -0.587. The topological polar surface area (TPSA) is 61.4 Å². The monoisotopic (exact) mass is 385 g/mol. The van der Waals surface area contributed by atoms with Crippen LogP contribution in [0.1, 0.15) is 30.0 Å². The van der Waals surface area contributed by atoms with E-state index in [4.69, 9.17) is 11.6 Å². The van der Waals surface area contributed by atoms with E-state index >= 15 is 0 Å². The summed E-state index contributed by atoms with van der Waals surface area (Å²) < 4.78 is 0. The largest absolute Gasteiger partial charge is 0.352 e. The van der Waals surface area contributed by atoms with Crippen molar-refractivity contribution >= 4 is 29.1 Å². The van der Waals surface area contributed by atoms with Crippen molar-refractivity contribution in [2.45, 2.75) is 31.8 Å². The van der Waals surface area contributed by atoms with Gasteiger partial charge in [-0.3, -0.25) is 14.5 Å². The highest BCUT2D eigenvalue weighted by molar-refractivity contribution is 6.31. The fourth-order valence-corrected chi connectivity index (χ4v) is 3.12. The van der Waals surface area contributed by atoms with Crippen molar-refractivity contribution in [2.75, 3.05) is 18.9 Å². The molecule has 1 aliphatic rings. The number of likely N-dealkylation sites (N-methyl/N-ethyl adjacent to an activating group) is 1. The molecule has 0 spiro atoms. The van der Waals surface area contributed by atoms with E-state index in [1.54, 1.807) is 18.0 Å². The van der Waals surface area contributed by atoms with Gasteiger partial charge in [-0.2, -0.15) is 0 Å². The van der Waals surface area contributed by atoms with Gasteiger partial charge >= 0.3 is 0 Å². The van der Waals surface area contributed by atoms with Crippen LogP contribution in [-0.4, -0.2) is 36.3 Å². The molecule has 0 aromatic heterocycles. The Morgan fingerprint density at radius 1 is 1.19 bits per heavy atom. The number of carbonyl (C=O) groups is 2. The molecule has 6 heteroatoms. The highest BCUT2D eigenvalue weighted by atomic mass is 35.5. The molecular formula is C21H24ClN3O2. The Labute approximate surface area is 164 Å². The number of amides is 2. The number of hydrogen-bond donors (Lipinski definition) is 2. The van der Waals surface area contributed by atoms with E-state index in [0.29, 0.717) is 16.8 Å². The van der Waals surface area contributed by atoms with Crippen LogP contribution in [0.3, 0.4) is 0 Å². The van der Waals surface area contributed by atoms with Gasteiger partial charge in [0.25, 0.3) is 0 Å². The lowest BCUT2D eigenvalue weighted by Crippen LogP contribution is -2.41. The predicted octanol–water partition coefficient (Wildman–Crippen LogP) is 3.54. The normalized spacial score (nSPS) is 14.7. The highest BCUT2D eigenvalue weighted by Crippen LogP contribution is 2.24. The summed E-state index contributed by atoms with van der Waals surface area (Å²) in [7, 11) is 1.78. The number of benzene rings is 2. The van der Waals surface area contributed by atoms with Gasteiger partial charge in [0.05, 0.1) is 6.54 Å². The lowest BCUT2D eigenvalue weighted by Gasteiger charge is -2.27. The summed E-state index contributed by atoms with van der Waals surface area (Å²) in [5, 5.41) is 6.48. The van der Waals surface area contributed by atoms with Gasteiger partial charge < -0.3 is 10.6 Å². The van der Waals surface area contributed by atoms with Crippen LogP contribution in [0.2, 0.25) is 5.02 Å². The number of hydrogen-bond acceptors (Lipinski definition) is 3. The van der Waals surface area contributed by atoms with Gasteiger partial charge in [0.1, 0.15) is 6.04 Å². The van der Waals surface area contributed by atoms with Crippen LogP contribution >= 0.6 is 11.6 Å². The molecule has 1 aliphatic carbocycles. The fourth-order valence-electron chi connectivity index (χ4n) is 2.94. The summed E-state index contributed by atoms with van der Waals surface area (Å²) in [4.78, 5) is 27.0. The molecule has 5 nitrogen and oxygen atoms in total. The molecule has 3 rings (SSSR count). The lowest BCUT2D eigenvalue weighted by atomic mass is 10.0. The maximum Gasteiger partial charge on any atom is 0.246 e. The first kappa shape index (κ1) is 19.4. The van der Waals surface area contributed by atoms with Crippen molar-refractivity contribution in [1.29, 1.82) is 0 Å². The van der Waals surface area contributed by atoms with Gasteiger partial charge in [-0.25, -0.2) is 0 Å². The predicted molar refractivity (Wildman–Crippen MR) is 108 cm³/mol. The van der Waals surface area contributed by atoms with Gasteiger partial charge in [0.2, 0.25) is 11.8 Å². The van der Waals surface area contributed by atoms with E-state index in [2.05, 4.69) is 10.6 Å². The Balaban J connectivity index is 1.76. The van der Waals surface area contributed by atoms with Crippen LogP contribution in [0.25, 0.3) is 0 Å². The molecule has 142 valence electrons. The zero-order chi connectivity index (χ0) is 19.4. The summed E-state index contributed by atoms with van der Waals surface area (Å²) in [5.41, 5.74) is 2.41. The maximum atomic E-state index is 13.0. The molecule has 1 saturated carbocycles. The maximum absolute atomic E-state index is 13.0. The first-order valence-corrected chi connectivity index (χ1v) is 9.43. The van der Waals surface area contributed by atoms with E-state index in [-0.39, 0.29) is 18.4 Å². The number of nitrogens with one attached hydrogen (secondary N) is 2. The van der Waals surface area contributed by atoms with E-state index in [9.17, 15) is 9.59 Å². The average molecular weight is 386 g/mol. The van der Waals surface area contributed by atoms with Gasteiger partial charge in [-0.15, -0.1) is 0 Å². The lowest BCUT2D eigenvalue weighted by molar-refractivity contribution is -0.125. The summed E-state index contributed by atoms with van der Waals surface area (Å²) in [5.74, 6) is -0.269. The molecule has 2 aromatic rings. The van der Waals surface area contributed by atoms with Crippen LogP contribution in [0, 0.1) is 6.92 Å². The molecule has 0 saturated heterocycles. The molecule has 2 aromatic carbocycles. The first-order chi connectivity index (χ1) is 12.9. The van der Waals surface area contributed by atoms with Crippen LogP contribution in [-0.2, 0) is 9.59 Å². The Kier molecular flexibility index (Phi) is 6.14. The van der Waals surface area contributed by atoms with Crippen molar-refractivity contribution in [2.24, 2.45) is 0 Å². The zero-order valence-corrected chi connectivity index (χ0v) is 16.3. The fraction of sp³-hybridized carbons (Fsp3) is 0.333. The van der Waals surface area contributed by atoms with E-state index in [1.807, 2.05) is 49.4 Å². The standard InChI is InChI=1S/C21H24ClN3O2/c1-14-8-9-17(12-18(14)22)24-21(27)20(15-6-4-3-5-7-15)25(2)13-19(26)23-16-10-11-16/h3-9,12,16,20H,10-11,13H2,1-2H3,(H,23,26)(H,24,27)/t20-/m0/s1.